The summed E-state index contributed by atoms with van der Waals surface area (Å²) < 4.78 is 39.5. The van der Waals surface area contributed by atoms with Gasteiger partial charge in [-0.25, -0.2) is 0 Å². The largest absolute Gasteiger partial charge is 1.00 e. The second-order valence-electron chi connectivity index (χ2n) is 3.43. The van der Waals surface area contributed by atoms with Crippen LogP contribution in [0.1, 0.15) is 52.4 Å². The van der Waals surface area contributed by atoms with Crippen molar-refractivity contribution in [2.24, 2.45) is 0 Å². The third-order valence-electron chi connectivity index (χ3n) is 1.78. The molecule has 0 unspecified atom stereocenters. The fraction of sp³-hybridized carbons (Fsp3) is 1.00. The molecular weight excluding hydrogens is 278 g/mol. The van der Waals surface area contributed by atoms with Gasteiger partial charge in [0.1, 0.15) is 0 Å². The molecule has 0 aliphatic heterocycles. The van der Waals surface area contributed by atoms with Crippen molar-refractivity contribution in [1.29, 1.82) is 0 Å². The molecule has 0 spiro atoms. The van der Waals surface area contributed by atoms with Gasteiger partial charge in [-0.3, -0.25) is 8.42 Å². The molecule has 0 heterocycles. The quantitative estimate of drug-likeness (QED) is 0.198. The van der Waals surface area contributed by atoms with Crippen LogP contribution in [0.5, 0.6) is 0 Å². The van der Waals surface area contributed by atoms with E-state index < -0.39 is 10.4 Å². The zero-order valence-corrected chi connectivity index (χ0v) is 16.9. The zero-order chi connectivity index (χ0) is 12.9. The van der Waals surface area contributed by atoms with Crippen LogP contribution in [-0.2, 0) is 15.1 Å². The summed E-state index contributed by atoms with van der Waals surface area (Å²) in [6, 6.07) is 0. The van der Waals surface area contributed by atoms with Crippen LogP contribution < -0.4 is 59.1 Å². The van der Waals surface area contributed by atoms with Gasteiger partial charge in [0.15, 0.2) is 0 Å². The Labute approximate surface area is 156 Å². The molecule has 0 amide bonds. The van der Waals surface area contributed by atoms with Gasteiger partial charge in [0.2, 0.25) is 0 Å². The van der Waals surface area contributed by atoms with Crippen LogP contribution in [0.25, 0.3) is 0 Å². The van der Waals surface area contributed by atoms with Crippen molar-refractivity contribution in [3.8, 4) is 0 Å². The molecule has 0 aliphatic rings. The second-order valence-corrected chi connectivity index (χ2v) is 4.25. The average molecular weight is 300 g/mol. The number of unbranched alkanes of at least 4 members (excludes halogenated alkanes) is 4. The maximum atomic E-state index is 8.52. The number of hydrogen-bond donors (Lipinski definition) is 0. The minimum atomic E-state index is -5.17. The Morgan fingerprint density at radius 2 is 1.11 bits per heavy atom. The molecule has 8 heteroatoms. The Balaban J connectivity index is -0.000000122. The molecule has 0 aromatic heterocycles. The van der Waals surface area contributed by atoms with E-state index in [1.54, 1.807) is 0 Å². The van der Waals surface area contributed by atoms with E-state index in [1.807, 2.05) is 0 Å². The Bertz CT molecular complexity index is 206. The number of ether oxygens (including phenoxy) is 1. The van der Waals surface area contributed by atoms with Gasteiger partial charge in [-0.1, -0.05) is 39.5 Å². The monoisotopic (exact) mass is 300 g/mol. The van der Waals surface area contributed by atoms with Crippen LogP contribution in [-0.4, -0.2) is 30.7 Å². The van der Waals surface area contributed by atoms with Gasteiger partial charge in [-0.05, 0) is 12.8 Å². The van der Waals surface area contributed by atoms with Gasteiger partial charge in [-0.2, -0.15) is 0 Å². The summed E-state index contributed by atoms with van der Waals surface area (Å²) in [5.74, 6) is 0. The van der Waals surface area contributed by atoms with Gasteiger partial charge in [-0.15, -0.1) is 0 Å². The van der Waals surface area contributed by atoms with E-state index >= 15 is 0 Å². The minimum Gasteiger partial charge on any atom is -0.759 e. The first-order valence-electron chi connectivity index (χ1n) is 5.66. The van der Waals surface area contributed by atoms with Crippen molar-refractivity contribution in [1.82, 2.24) is 0 Å². The molecule has 0 rings (SSSR count). The van der Waals surface area contributed by atoms with E-state index in [1.165, 1.54) is 38.5 Å². The molecule has 0 aromatic carbocycles. The van der Waals surface area contributed by atoms with Gasteiger partial charge in [0.05, 0.1) is 0 Å². The standard InChI is InChI=1S/C10H22O.2Na.H2O4S/c1-3-5-7-9-11-10-8-6-4-2;;;1-5(2,3)4/h3-10H2,1-2H3;;;(H2,1,2,3,4)/q;2*+1;/p-2. The maximum absolute atomic E-state index is 8.52. The van der Waals surface area contributed by atoms with E-state index in [4.69, 9.17) is 22.3 Å². The van der Waals surface area contributed by atoms with Crippen molar-refractivity contribution in [3.63, 3.8) is 0 Å². The van der Waals surface area contributed by atoms with Crippen LogP contribution in [0.3, 0.4) is 0 Å². The number of hydrogen-bond acceptors (Lipinski definition) is 5. The van der Waals surface area contributed by atoms with E-state index in [-0.39, 0.29) is 59.1 Å². The molecule has 0 saturated carbocycles. The molecule has 0 fully saturated rings. The molecule has 0 atom stereocenters. The van der Waals surface area contributed by atoms with Crippen LogP contribution >= 0.6 is 0 Å². The predicted molar refractivity (Wildman–Crippen MR) is 60.3 cm³/mol. The van der Waals surface area contributed by atoms with Crippen LogP contribution in [0, 0.1) is 0 Å². The van der Waals surface area contributed by atoms with Gasteiger partial charge in [0.25, 0.3) is 0 Å². The number of rotatable bonds is 8. The zero-order valence-electron chi connectivity index (χ0n) is 12.1. The Hall–Kier alpha value is 1.83. The van der Waals surface area contributed by atoms with Crippen molar-refractivity contribution in [3.05, 3.63) is 0 Å². The first kappa shape index (κ1) is 28.1. The summed E-state index contributed by atoms with van der Waals surface area (Å²) in [5, 5.41) is 0. The molecule has 0 N–H and O–H groups in total. The van der Waals surface area contributed by atoms with E-state index in [2.05, 4.69) is 13.8 Å². The van der Waals surface area contributed by atoms with Gasteiger partial charge < -0.3 is 13.8 Å². The molecule has 100 valence electrons. The van der Waals surface area contributed by atoms with Crippen LogP contribution in [0.2, 0.25) is 0 Å². The summed E-state index contributed by atoms with van der Waals surface area (Å²) in [5.41, 5.74) is 0. The molecule has 0 radical (unpaired) electrons. The maximum Gasteiger partial charge on any atom is 1.00 e. The third kappa shape index (κ3) is 52.3. The molecular formula is C10H22Na2O5S. The third-order valence-corrected chi connectivity index (χ3v) is 1.78. The fourth-order valence-electron chi connectivity index (χ4n) is 1.01. The van der Waals surface area contributed by atoms with Crippen LogP contribution in [0.4, 0.5) is 0 Å². The van der Waals surface area contributed by atoms with Crippen molar-refractivity contribution < 1.29 is 81.4 Å². The van der Waals surface area contributed by atoms with Gasteiger partial charge >= 0.3 is 59.1 Å². The molecule has 5 nitrogen and oxygen atoms in total. The first-order valence-corrected chi connectivity index (χ1v) is 6.99. The fourth-order valence-corrected chi connectivity index (χ4v) is 1.01. The SMILES string of the molecule is CCCCCOCCCCC.O=S(=O)([O-])[O-].[Na+].[Na+]. The molecule has 18 heavy (non-hydrogen) atoms. The molecule has 0 saturated heterocycles. The topological polar surface area (TPSA) is 89.5 Å². The second kappa shape index (κ2) is 21.1. The van der Waals surface area contributed by atoms with Crippen LogP contribution in [0.15, 0.2) is 0 Å². The summed E-state index contributed by atoms with van der Waals surface area (Å²) >= 11 is 0. The summed E-state index contributed by atoms with van der Waals surface area (Å²) in [6.07, 6.45) is 7.68. The molecule has 0 aromatic rings. The Kier molecular flexibility index (Phi) is 32.9. The van der Waals surface area contributed by atoms with Crippen molar-refractivity contribution in [2.75, 3.05) is 13.2 Å². The molecule has 0 bridgehead atoms. The van der Waals surface area contributed by atoms with Crippen molar-refractivity contribution >= 4 is 10.4 Å². The first-order chi connectivity index (χ1) is 7.41. The van der Waals surface area contributed by atoms with Gasteiger partial charge in [0, 0.05) is 23.6 Å². The smallest absolute Gasteiger partial charge is 0.759 e. The van der Waals surface area contributed by atoms with Crippen molar-refractivity contribution in [2.45, 2.75) is 52.4 Å². The summed E-state index contributed by atoms with van der Waals surface area (Å²) in [7, 11) is -5.17. The molecule has 0 aliphatic carbocycles. The minimum absolute atomic E-state index is 0. The van der Waals surface area contributed by atoms with E-state index in [9.17, 15) is 0 Å². The normalized spacial score (nSPS) is 9.56. The summed E-state index contributed by atoms with van der Waals surface area (Å²) in [4.78, 5) is 0. The average Bonchev–Trinajstić information content (AvgIpc) is 2.14. The Morgan fingerprint density at radius 1 is 0.833 bits per heavy atom. The van der Waals surface area contributed by atoms with E-state index in [0.29, 0.717) is 0 Å². The van der Waals surface area contributed by atoms with E-state index in [0.717, 1.165) is 13.2 Å². The summed E-state index contributed by atoms with van der Waals surface area (Å²) in [6.45, 7) is 6.38. The Morgan fingerprint density at radius 3 is 1.33 bits per heavy atom. The predicted octanol–water partition coefficient (Wildman–Crippen LogP) is -3.95.